The first-order chi connectivity index (χ1) is 14.9. The molecule has 31 heavy (non-hydrogen) atoms. The molecule has 3 rings (SSSR count). The quantitative estimate of drug-likeness (QED) is 0.566. The lowest BCUT2D eigenvalue weighted by Crippen LogP contribution is -2.30. The molecule has 8 heteroatoms. The number of benzene rings is 1. The van der Waals surface area contributed by atoms with Gasteiger partial charge in [-0.25, -0.2) is 13.4 Å². The van der Waals surface area contributed by atoms with Gasteiger partial charge in [-0.3, -0.25) is 4.79 Å². The number of nitrogens with one attached hydrogen (secondary N) is 1. The number of fused-ring (bicyclic) bond motifs is 1. The number of hydrogen-bond donors (Lipinski definition) is 1. The van der Waals surface area contributed by atoms with Crippen LogP contribution in [0.15, 0.2) is 34.7 Å². The Kier molecular flexibility index (Phi) is 7.89. The molecule has 2 aromatic rings. The largest absolute Gasteiger partial charge is 0.356 e. The summed E-state index contributed by atoms with van der Waals surface area (Å²) in [5, 5.41) is 3.01. The van der Waals surface area contributed by atoms with Crippen LogP contribution in [0.3, 0.4) is 0 Å². The van der Waals surface area contributed by atoms with Crippen LogP contribution in [0.25, 0.3) is 11.0 Å². The maximum Gasteiger partial charge on any atom is 0.243 e. The van der Waals surface area contributed by atoms with Gasteiger partial charge in [0.1, 0.15) is 5.82 Å². The number of nitrogens with zero attached hydrogens (tertiary/aromatic N) is 3. The third-order valence-corrected chi connectivity index (χ3v) is 8.06. The summed E-state index contributed by atoms with van der Waals surface area (Å²) in [6.07, 6.45) is 8.96. The highest BCUT2D eigenvalue weighted by atomic mass is 32.2. The Morgan fingerprint density at radius 3 is 2.65 bits per heavy atom. The normalized spacial score (nSPS) is 14.8. The highest BCUT2D eigenvalue weighted by Crippen LogP contribution is 2.23. The molecule has 0 aliphatic heterocycles. The average Bonchev–Trinajstić information content (AvgIpc) is 3.08. The maximum absolute atomic E-state index is 12.8. The molecule has 1 heterocycles. The molecule has 1 aromatic carbocycles. The Morgan fingerprint density at radius 1 is 1.19 bits per heavy atom. The molecule has 1 amide bonds. The summed E-state index contributed by atoms with van der Waals surface area (Å²) in [6, 6.07) is 5.05. The first kappa shape index (κ1) is 23.5. The third-order valence-electron chi connectivity index (χ3n) is 6.02. The summed E-state index contributed by atoms with van der Waals surface area (Å²) in [6.45, 7) is 5.19. The van der Waals surface area contributed by atoms with Crippen LogP contribution in [0.1, 0.15) is 58.2 Å². The van der Waals surface area contributed by atoms with Crippen LogP contribution in [0, 0.1) is 0 Å². The zero-order valence-corrected chi connectivity index (χ0v) is 19.7. The van der Waals surface area contributed by atoms with Gasteiger partial charge in [-0.05, 0) is 50.3 Å². The molecule has 0 fully saturated rings. The van der Waals surface area contributed by atoms with Crippen LogP contribution in [0.2, 0.25) is 0 Å². The lowest BCUT2D eigenvalue weighted by Gasteiger charge is -2.18. The van der Waals surface area contributed by atoms with E-state index in [1.165, 1.54) is 22.7 Å². The van der Waals surface area contributed by atoms with Crippen molar-refractivity contribution < 1.29 is 13.2 Å². The van der Waals surface area contributed by atoms with Gasteiger partial charge in [-0.2, -0.15) is 4.31 Å². The van der Waals surface area contributed by atoms with Crippen molar-refractivity contribution in [2.75, 3.05) is 19.6 Å². The van der Waals surface area contributed by atoms with Gasteiger partial charge in [0.25, 0.3) is 0 Å². The number of allylic oxidation sites excluding steroid dienone is 1. The molecule has 0 bridgehead atoms. The van der Waals surface area contributed by atoms with E-state index in [0.717, 1.165) is 30.6 Å². The highest BCUT2D eigenvalue weighted by molar-refractivity contribution is 7.89. The number of aryl methyl sites for hydroxylation is 2. The Labute approximate surface area is 185 Å². The zero-order chi connectivity index (χ0) is 22.4. The van der Waals surface area contributed by atoms with Crippen molar-refractivity contribution >= 4 is 27.0 Å². The van der Waals surface area contributed by atoms with E-state index in [4.69, 9.17) is 0 Å². The SMILES string of the molecule is CCN(CC)S(=O)(=O)c1ccc2c(c1)nc(CCC(=O)NCCC1=CCCCC1)n2C. The molecule has 0 spiro atoms. The van der Waals surface area contributed by atoms with Crippen LogP contribution >= 0.6 is 0 Å². The van der Waals surface area contributed by atoms with Gasteiger partial charge >= 0.3 is 0 Å². The lowest BCUT2D eigenvalue weighted by atomic mass is 9.97. The number of imidazole rings is 1. The van der Waals surface area contributed by atoms with Gasteiger partial charge in [0.05, 0.1) is 15.9 Å². The van der Waals surface area contributed by atoms with E-state index in [9.17, 15) is 13.2 Å². The van der Waals surface area contributed by atoms with Crippen LogP contribution in [-0.4, -0.2) is 47.8 Å². The Hall–Kier alpha value is -2.19. The van der Waals surface area contributed by atoms with E-state index in [0.29, 0.717) is 38.0 Å². The van der Waals surface area contributed by atoms with Crippen molar-refractivity contribution in [2.24, 2.45) is 7.05 Å². The summed E-state index contributed by atoms with van der Waals surface area (Å²) < 4.78 is 29.0. The zero-order valence-electron chi connectivity index (χ0n) is 18.9. The molecule has 0 atom stereocenters. The second-order valence-electron chi connectivity index (χ2n) is 8.04. The summed E-state index contributed by atoms with van der Waals surface area (Å²) in [5.41, 5.74) is 2.95. The van der Waals surface area contributed by atoms with Gasteiger partial charge in [0.15, 0.2) is 0 Å². The van der Waals surface area contributed by atoms with E-state index < -0.39 is 10.0 Å². The summed E-state index contributed by atoms with van der Waals surface area (Å²) in [7, 11) is -1.63. The van der Waals surface area contributed by atoms with Crippen LogP contribution < -0.4 is 5.32 Å². The molecule has 170 valence electrons. The first-order valence-electron chi connectivity index (χ1n) is 11.3. The Bertz CT molecular complexity index is 1050. The summed E-state index contributed by atoms with van der Waals surface area (Å²) in [4.78, 5) is 17.1. The molecule has 1 aliphatic rings. The van der Waals surface area contributed by atoms with Crippen LogP contribution in [0.4, 0.5) is 0 Å². The number of aromatic nitrogens is 2. The topological polar surface area (TPSA) is 84.3 Å². The molecule has 7 nitrogen and oxygen atoms in total. The number of carbonyl (C=O) groups excluding carboxylic acids is 1. The van der Waals surface area contributed by atoms with Crippen molar-refractivity contribution in [3.63, 3.8) is 0 Å². The maximum atomic E-state index is 12.8. The molecular formula is C23H34N4O3S. The van der Waals surface area contributed by atoms with E-state index in [1.807, 2.05) is 25.5 Å². The van der Waals surface area contributed by atoms with Gasteiger partial charge in [0, 0.05) is 39.5 Å². The fourth-order valence-electron chi connectivity index (χ4n) is 4.13. The van der Waals surface area contributed by atoms with Crippen molar-refractivity contribution in [1.82, 2.24) is 19.2 Å². The molecule has 1 aromatic heterocycles. The van der Waals surface area contributed by atoms with Gasteiger partial charge in [-0.15, -0.1) is 0 Å². The lowest BCUT2D eigenvalue weighted by molar-refractivity contribution is -0.121. The first-order valence-corrected chi connectivity index (χ1v) is 12.7. The van der Waals surface area contributed by atoms with Gasteiger partial charge in [-0.1, -0.05) is 25.5 Å². The minimum atomic E-state index is -3.53. The molecule has 0 saturated heterocycles. The minimum Gasteiger partial charge on any atom is -0.356 e. The molecule has 1 aliphatic carbocycles. The van der Waals surface area contributed by atoms with Crippen molar-refractivity contribution in [3.8, 4) is 0 Å². The van der Waals surface area contributed by atoms with Crippen molar-refractivity contribution in [1.29, 1.82) is 0 Å². The highest BCUT2D eigenvalue weighted by Gasteiger charge is 2.22. The smallest absolute Gasteiger partial charge is 0.243 e. The van der Waals surface area contributed by atoms with Crippen molar-refractivity contribution in [2.45, 2.75) is 63.7 Å². The monoisotopic (exact) mass is 446 g/mol. The second kappa shape index (κ2) is 10.4. The predicted molar refractivity (Wildman–Crippen MR) is 123 cm³/mol. The standard InChI is InChI=1S/C23H34N4O3S/c1-4-27(5-2)31(29,30)19-11-12-21-20(17-19)25-22(26(21)3)13-14-23(28)24-16-15-18-9-7-6-8-10-18/h9,11-12,17H,4-8,10,13-16H2,1-3H3,(H,24,28). The third kappa shape index (κ3) is 5.54. The van der Waals surface area contributed by atoms with E-state index in [2.05, 4.69) is 16.4 Å². The number of carbonyl (C=O) groups is 1. The van der Waals surface area contributed by atoms with Crippen molar-refractivity contribution in [3.05, 3.63) is 35.7 Å². The molecule has 0 radical (unpaired) electrons. The van der Waals surface area contributed by atoms with Crippen LogP contribution in [-0.2, 0) is 28.3 Å². The molecule has 0 saturated carbocycles. The fourth-order valence-corrected chi connectivity index (χ4v) is 5.61. The Morgan fingerprint density at radius 2 is 1.97 bits per heavy atom. The number of sulfonamides is 1. The second-order valence-corrected chi connectivity index (χ2v) is 9.97. The van der Waals surface area contributed by atoms with E-state index in [-0.39, 0.29) is 10.8 Å². The van der Waals surface area contributed by atoms with Crippen LogP contribution in [0.5, 0.6) is 0 Å². The average molecular weight is 447 g/mol. The number of hydrogen-bond acceptors (Lipinski definition) is 4. The predicted octanol–water partition coefficient (Wildman–Crippen LogP) is 3.54. The Balaban J connectivity index is 1.63. The van der Waals surface area contributed by atoms with Gasteiger partial charge < -0.3 is 9.88 Å². The minimum absolute atomic E-state index is 0.0215. The summed E-state index contributed by atoms with van der Waals surface area (Å²) >= 11 is 0. The molecular weight excluding hydrogens is 412 g/mol. The van der Waals surface area contributed by atoms with Gasteiger partial charge in [0.2, 0.25) is 15.9 Å². The van der Waals surface area contributed by atoms with E-state index in [1.54, 1.807) is 18.2 Å². The fraction of sp³-hybridized carbons (Fsp3) is 0.565. The number of amides is 1. The molecule has 0 unspecified atom stereocenters. The summed E-state index contributed by atoms with van der Waals surface area (Å²) in [5.74, 6) is 0.797. The molecule has 1 N–H and O–H groups in total. The number of rotatable bonds is 10. The van der Waals surface area contributed by atoms with E-state index >= 15 is 0 Å².